The van der Waals surface area contributed by atoms with Gasteiger partial charge in [-0.1, -0.05) is 38.1 Å². The number of allylic oxidation sites excluding steroid dienone is 1. The maximum atomic E-state index is 11.3. The summed E-state index contributed by atoms with van der Waals surface area (Å²) in [5.41, 5.74) is 8.48. The second-order valence-corrected chi connectivity index (χ2v) is 10.0. The van der Waals surface area contributed by atoms with Crippen LogP contribution in [0.5, 0.6) is 11.8 Å². The molecule has 0 saturated heterocycles. The molecule has 0 spiro atoms. The number of carboxylic acids is 1. The third kappa shape index (κ3) is 3.20. The van der Waals surface area contributed by atoms with Gasteiger partial charge in [-0.3, -0.25) is 0 Å². The molecule has 3 aliphatic rings. The molecule has 1 N–H and O–H groups in total. The zero-order chi connectivity index (χ0) is 23.6. The molecule has 34 heavy (non-hydrogen) atoms. The van der Waals surface area contributed by atoms with Gasteiger partial charge in [0.1, 0.15) is 6.61 Å². The van der Waals surface area contributed by atoms with E-state index in [0.717, 1.165) is 40.7 Å². The molecule has 3 aliphatic carbocycles. The predicted molar refractivity (Wildman–Crippen MR) is 127 cm³/mol. The van der Waals surface area contributed by atoms with Gasteiger partial charge in [0.05, 0.1) is 7.11 Å². The van der Waals surface area contributed by atoms with Gasteiger partial charge in [-0.15, -0.1) is 0 Å². The molecule has 1 aromatic carbocycles. The fourth-order valence-corrected chi connectivity index (χ4v) is 5.87. The Bertz CT molecular complexity index is 1370. The van der Waals surface area contributed by atoms with Crippen LogP contribution in [0.2, 0.25) is 0 Å². The predicted octanol–water partition coefficient (Wildman–Crippen LogP) is 4.90. The van der Waals surface area contributed by atoms with E-state index >= 15 is 0 Å². The molecular weight excluding hydrogens is 428 g/mol. The minimum atomic E-state index is -0.812. The van der Waals surface area contributed by atoms with Gasteiger partial charge in [-0.05, 0) is 52.1 Å². The van der Waals surface area contributed by atoms with Crippen molar-refractivity contribution in [1.29, 1.82) is 0 Å². The number of aliphatic carboxylic acids is 1. The molecule has 0 radical (unpaired) electrons. The van der Waals surface area contributed by atoms with Crippen molar-refractivity contribution in [2.75, 3.05) is 7.11 Å². The molecular formula is C28H26N2O4. The zero-order valence-corrected chi connectivity index (χ0v) is 19.5. The van der Waals surface area contributed by atoms with Gasteiger partial charge in [0, 0.05) is 47.0 Å². The van der Waals surface area contributed by atoms with Crippen molar-refractivity contribution in [3.63, 3.8) is 0 Å². The minimum absolute atomic E-state index is 0.0611. The van der Waals surface area contributed by atoms with Gasteiger partial charge in [0.15, 0.2) is 0 Å². The summed E-state index contributed by atoms with van der Waals surface area (Å²) in [6.07, 6.45) is 5.25. The van der Waals surface area contributed by atoms with Crippen molar-refractivity contribution < 1.29 is 19.4 Å². The lowest BCUT2D eigenvalue weighted by Crippen LogP contribution is -2.12. The molecule has 2 heterocycles. The van der Waals surface area contributed by atoms with Gasteiger partial charge in [0.2, 0.25) is 11.8 Å². The van der Waals surface area contributed by atoms with Crippen LogP contribution in [0.4, 0.5) is 0 Å². The number of fused-ring (bicyclic) bond motifs is 4. The molecule has 3 aromatic rings. The Morgan fingerprint density at radius 1 is 1.15 bits per heavy atom. The highest BCUT2D eigenvalue weighted by Gasteiger charge is 2.48. The number of pyridine rings is 2. The highest BCUT2D eigenvalue weighted by Crippen LogP contribution is 2.55. The Morgan fingerprint density at radius 3 is 2.79 bits per heavy atom. The van der Waals surface area contributed by atoms with Gasteiger partial charge >= 0.3 is 5.97 Å². The number of nitrogens with zero attached hydrogens (tertiary/aromatic N) is 2. The van der Waals surface area contributed by atoms with Crippen molar-refractivity contribution >= 4 is 11.5 Å². The highest BCUT2D eigenvalue weighted by atomic mass is 16.5. The SMILES string of the molecule is COc1ncccc1C1CC(C)(C)c2ccc(COc3cc4c(cn3)C3=C(C(=O)O)C3C4)cc21. The van der Waals surface area contributed by atoms with Crippen molar-refractivity contribution in [3.8, 4) is 11.8 Å². The number of ether oxygens (including phenoxy) is 2. The second-order valence-electron chi connectivity index (χ2n) is 10.0. The Morgan fingerprint density at radius 2 is 2.00 bits per heavy atom. The van der Waals surface area contributed by atoms with E-state index in [-0.39, 0.29) is 17.3 Å². The molecule has 0 fully saturated rings. The van der Waals surface area contributed by atoms with Crippen LogP contribution in [0.25, 0.3) is 5.57 Å². The van der Waals surface area contributed by atoms with E-state index in [9.17, 15) is 9.90 Å². The first-order chi connectivity index (χ1) is 16.4. The van der Waals surface area contributed by atoms with Crippen LogP contribution in [-0.2, 0) is 23.2 Å². The number of methoxy groups -OCH3 is 1. The van der Waals surface area contributed by atoms with Gasteiger partial charge < -0.3 is 14.6 Å². The quantitative estimate of drug-likeness (QED) is 0.571. The van der Waals surface area contributed by atoms with Crippen LogP contribution < -0.4 is 9.47 Å². The molecule has 6 heteroatoms. The van der Waals surface area contributed by atoms with E-state index in [1.165, 1.54) is 11.1 Å². The summed E-state index contributed by atoms with van der Waals surface area (Å²) in [4.78, 5) is 20.1. The summed E-state index contributed by atoms with van der Waals surface area (Å²) in [5, 5.41) is 9.26. The zero-order valence-electron chi connectivity index (χ0n) is 19.5. The lowest BCUT2D eigenvalue weighted by Gasteiger charge is -2.19. The van der Waals surface area contributed by atoms with Gasteiger partial charge in [-0.25, -0.2) is 14.8 Å². The first-order valence-electron chi connectivity index (χ1n) is 11.6. The number of aromatic nitrogens is 2. The summed E-state index contributed by atoms with van der Waals surface area (Å²) in [5.74, 6) is 0.720. The Balaban J connectivity index is 1.25. The summed E-state index contributed by atoms with van der Waals surface area (Å²) < 4.78 is 11.6. The monoisotopic (exact) mass is 454 g/mol. The standard InChI is InChI=1S/C28H26N2O4/c1-28(2)12-20(17-5-4-8-29-26(17)33-3)18-9-15(6-7-22(18)28)14-34-23-11-16-10-19-24(21(16)13-30-23)25(19)27(31)32/h4-9,11,13,19-20H,10,12,14H2,1-3H3,(H,31,32). The highest BCUT2D eigenvalue weighted by molar-refractivity contribution is 6.11. The molecule has 0 saturated carbocycles. The number of carboxylic acid groups (broad SMARTS) is 1. The fraction of sp³-hybridized carbons (Fsp3) is 0.321. The Labute approximate surface area is 198 Å². The third-order valence-electron chi connectivity index (χ3n) is 7.50. The van der Waals surface area contributed by atoms with Crippen molar-refractivity contribution in [2.24, 2.45) is 5.92 Å². The number of benzene rings is 1. The molecule has 0 bridgehead atoms. The summed E-state index contributed by atoms with van der Waals surface area (Å²) in [6, 6.07) is 12.6. The number of rotatable bonds is 6. The van der Waals surface area contributed by atoms with Crippen LogP contribution in [0, 0.1) is 5.92 Å². The Hall–Kier alpha value is -3.67. The third-order valence-corrected chi connectivity index (χ3v) is 7.50. The molecule has 2 unspecified atom stereocenters. The second kappa shape index (κ2) is 7.42. The summed E-state index contributed by atoms with van der Waals surface area (Å²) in [7, 11) is 1.67. The fourth-order valence-electron chi connectivity index (χ4n) is 5.87. The number of hydrogen-bond donors (Lipinski definition) is 1. The topological polar surface area (TPSA) is 81.5 Å². The molecule has 6 rings (SSSR count). The van der Waals surface area contributed by atoms with Crippen molar-refractivity contribution in [2.45, 2.75) is 44.6 Å². The van der Waals surface area contributed by atoms with Crippen LogP contribution in [0.15, 0.2) is 54.4 Å². The molecule has 2 atom stereocenters. The van der Waals surface area contributed by atoms with Crippen molar-refractivity contribution in [3.05, 3.63) is 87.7 Å². The maximum Gasteiger partial charge on any atom is 0.332 e. The Kier molecular flexibility index (Phi) is 4.56. The average Bonchev–Trinajstić information content (AvgIpc) is 3.32. The van der Waals surface area contributed by atoms with Crippen LogP contribution in [0.1, 0.15) is 59.6 Å². The smallest absolute Gasteiger partial charge is 0.332 e. The number of carbonyl (C=O) groups is 1. The molecule has 0 amide bonds. The lowest BCUT2D eigenvalue weighted by atomic mass is 9.85. The van der Waals surface area contributed by atoms with E-state index < -0.39 is 5.97 Å². The normalized spacial score (nSPS) is 21.0. The molecule has 172 valence electrons. The number of hydrogen-bond acceptors (Lipinski definition) is 5. The van der Waals surface area contributed by atoms with E-state index in [4.69, 9.17) is 9.47 Å². The largest absolute Gasteiger partial charge is 0.481 e. The van der Waals surface area contributed by atoms with E-state index in [2.05, 4.69) is 48.1 Å². The first kappa shape index (κ1) is 20.9. The van der Waals surface area contributed by atoms with Crippen LogP contribution in [0.3, 0.4) is 0 Å². The van der Waals surface area contributed by atoms with Gasteiger partial charge in [-0.2, -0.15) is 0 Å². The molecule has 6 nitrogen and oxygen atoms in total. The summed E-state index contributed by atoms with van der Waals surface area (Å²) in [6.45, 7) is 4.99. The van der Waals surface area contributed by atoms with Crippen molar-refractivity contribution in [1.82, 2.24) is 9.97 Å². The molecule has 0 aliphatic heterocycles. The lowest BCUT2D eigenvalue weighted by molar-refractivity contribution is -0.132. The average molecular weight is 455 g/mol. The minimum Gasteiger partial charge on any atom is -0.481 e. The van der Waals surface area contributed by atoms with Crippen LogP contribution in [-0.4, -0.2) is 28.2 Å². The van der Waals surface area contributed by atoms with E-state index in [1.807, 2.05) is 12.1 Å². The summed E-state index contributed by atoms with van der Waals surface area (Å²) >= 11 is 0. The van der Waals surface area contributed by atoms with E-state index in [0.29, 0.717) is 23.9 Å². The maximum absolute atomic E-state index is 11.3. The van der Waals surface area contributed by atoms with Gasteiger partial charge in [0.25, 0.3) is 0 Å². The van der Waals surface area contributed by atoms with E-state index in [1.54, 1.807) is 19.5 Å². The van der Waals surface area contributed by atoms with Crippen LogP contribution >= 0.6 is 0 Å². The first-order valence-corrected chi connectivity index (χ1v) is 11.6. The molecule has 2 aromatic heterocycles.